The maximum atomic E-state index is 12.2. The van der Waals surface area contributed by atoms with Crippen LogP contribution in [0.3, 0.4) is 0 Å². The van der Waals surface area contributed by atoms with Gasteiger partial charge in [0.25, 0.3) is 5.91 Å². The number of hydrogen-bond acceptors (Lipinski definition) is 3. The van der Waals surface area contributed by atoms with Gasteiger partial charge in [0.05, 0.1) is 12.7 Å². The molecular weight excluding hydrogens is 375 g/mol. The standard InChI is InChI=1S/C19H14Cl2N2O3/c20-15-3-1-4-16(21)14(15)11-18(24)22-12-6-8-13(9-7-12)23-19(25)17-5-2-10-26-17/h1-10H,11H2,(H,22,24)(H,23,25). The zero-order valence-electron chi connectivity index (χ0n) is 13.5. The Balaban J connectivity index is 1.60. The first-order valence-corrected chi connectivity index (χ1v) is 8.46. The number of anilines is 2. The molecule has 132 valence electrons. The van der Waals surface area contributed by atoms with Crippen LogP contribution in [0.5, 0.6) is 0 Å². The molecule has 1 heterocycles. The van der Waals surface area contributed by atoms with Gasteiger partial charge in [-0.15, -0.1) is 0 Å². The molecule has 0 bridgehead atoms. The Morgan fingerprint density at radius 1 is 0.846 bits per heavy atom. The molecule has 1 aromatic heterocycles. The van der Waals surface area contributed by atoms with Crippen LogP contribution in [0.2, 0.25) is 10.0 Å². The lowest BCUT2D eigenvalue weighted by Gasteiger charge is -2.09. The van der Waals surface area contributed by atoms with E-state index in [4.69, 9.17) is 27.6 Å². The highest BCUT2D eigenvalue weighted by Gasteiger charge is 2.12. The largest absolute Gasteiger partial charge is 0.459 e. The van der Waals surface area contributed by atoms with Crippen LogP contribution in [0.4, 0.5) is 11.4 Å². The van der Waals surface area contributed by atoms with Gasteiger partial charge in [-0.25, -0.2) is 0 Å². The first-order valence-electron chi connectivity index (χ1n) is 7.70. The minimum Gasteiger partial charge on any atom is -0.459 e. The lowest BCUT2D eigenvalue weighted by Crippen LogP contribution is -2.15. The normalized spacial score (nSPS) is 10.4. The molecule has 2 aromatic carbocycles. The van der Waals surface area contributed by atoms with Gasteiger partial charge in [0, 0.05) is 21.4 Å². The molecule has 2 N–H and O–H groups in total. The fraction of sp³-hybridized carbons (Fsp3) is 0.0526. The van der Waals surface area contributed by atoms with E-state index < -0.39 is 0 Å². The van der Waals surface area contributed by atoms with E-state index >= 15 is 0 Å². The first-order chi connectivity index (χ1) is 12.5. The summed E-state index contributed by atoms with van der Waals surface area (Å²) >= 11 is 12.2. The summed E-state index contributed by atoms with van der Waals surface area (Å²) in [7, 11) is 0. The summed E-state index contributed by atoms with van der Waals surface area (Å²) in [5.74, 6) is -0.369. The molecule has 2 amide bonds. The second-order valence-electron chi connectivity index (χ2n) is 5.43. The molecule has 5 nitrogen and oxygen atoms in total. The van der Waals surface area contributed by atoms with E-state index in [1.54, 1.807) is 54.6 Å². The molecule has 3 aromatic rings. The quantitative estimate of drug-likeness (QED) is 0.644. The third-order valence-electron chi connectivity index (χ3n) is 3.57. The van der Waals surface area contributed by atoms with Gasteiger partial charge in [-0.3, -0.25) is 9.59 Å². The Morgan fingerprint density at radius 3 is 2.04 bits per heavy atom. The summed E-state index contributed by atoms with van der Waals surface area (Å²) in [6, 6.07) is 15.0. The SMILES string of the molecule is O=C(Cc1c(Cl)cccc1Cl)Nc1ccc(NC(=O)c2ccco2)cc1. The van der Waals surface area contributed by atoms with Crippen molar-refractivity contribution in [3.8, 4) is 0 Å². The molecule has 0 aliphatic rings. The number of nitrogens with one attached hydrogen (secondary N) is 2. The summed E-state index contributed by atoms with van der Waals surface area (Å²) in [5, 5.41) is 6.36. The molecule has 0 spiro atoms. The zero-order chi connectivity index (χ0) is 18.5. The maximum absolute atomic E-state index is 12.2. The van der Waals surface area contributed by atoms with E-state index in [2.05, 4.69) is 10.6 Å². The van der Waals surface area contributed by atoms with Gasteiger partial charge in [-0.05, 0) is 54.1 Å². The number of halogens is 2. The lowest BCUT2D eigenvalue weighted by atomic mass is 10.1. The van der Waals surface area contributed by atoms with Crippen molar-refractivity contribution in [1.29, 1.82) is 0 Å². The van der Waals surface area contributed by atoms with Gasteiger partial charge < -0.3 is 15.1 Å². The molecule has 0 atom stereocenters. The number of carbonyl (C=O) groups excluding carboxylic acids is 2. The fourth-order valence-corrected chi connectivity index (χ4v) is 2.84. The molecule has 0 aliphatic carbocycles. The number of hydrogen-bond donors (Lipinski definition) is 2. The number of carbonyl (C=O) groups is 2. The molecule has 0 saturated heterocycles. The Kier molecular flexibility index (Phi) is 5.61. The predicted octanol–water partition coefficient (Wildman–Crippen LogP) is 5.02. The van der Waals surface area contributed by atoms with Crippen molar-refractivity contribution in [3.63, 3.8) is 0 Å². The second-order valence-corrected chi connectivity index (χ2v) is 6.25. The summed E-state index contributed by atoms with van der Waals surface area (Å²) < 4.78 is 5.03. The van der Waals surface area contributed by atoms with Crippen molar-refractivity contribution in [2.75, 3.05) is 10.6 Å². The molecule has 0 radical (unpaired) electrons. The van der Waals surface area contributed by atoms with Gasteiger partial charge in [0.1, 0.15) is 0 Å². The Labute approximate surface area is 159 Å². The van der Waals surface area contributed by atoms with Crippen LogP contribution in [0.15, 0.2) is 65.3 Å². The van der Waals surface area contributed by atoms with Gasteiger partial charge in [-0.1, -0.05) is 29.3 Å². The fourth-order valence-electron chi connectivity index (χ4n) is 2.30. The van der Waals surface area contributed by atoms with Crippen molar-refractivity contribution in [1.82, 2.24) is 0 Å². The van der Waals surface area contributed by atoms with Crippen molar-refractivity contribution >= 4 is 46.4 Å². The monoisotopic (exact) mass is 388 g/mol. The molecule has 0 aliphatic heterocycles. The molecular formula is C19H14Cl2N2O3. The topological polar surface area (TPSA) is 71.3 Å². The van der Waals surface area contributed by atoms with Crippen molar-refractivity contribution < 1.29 is 14.0 Å². The van der Waals surface area contributed by atoms with E-state index in [1.807, 2.05) is 0 Å². The van der Waals surface area contributed by atoms with Crippen LogP contribution in [-0.2, 0) is 11.2 Å². The lowest BCUT2D eigenvalue weighted by molar-refractivity contribution is -0.115. The molecule has 3 rings (SSSR count). The Hall–Kier alpha value is -2.76. The van der Waals surface area contributed by atoms with Gasteiger partial charge in [0.2, 0.25) is 5.91 Å². The van der Waals surface area contributed by atoms with Crippen molar-refractivity contribution in [2.45, 2.75) is 6.42 Å². The minimum atomic E-state index is -0.347. The van der Waals surface area contributed by atoms with Crippen LogP contribution in [0.25, 0.3) is 0 Å². The Bertz CT molecular complexity index is 902. The Morgan fingerprint density at radius 2 is 1.46 bits per heavy atom. The van der Waals surface area contributed by atoms with Gasteiger partial charge in [0.15, 0.2) is 5.76 Å². The van der Waals surface area contributed by atoms with Crippen LogP contribution >= 0.6 is 23.2 Å². The van der Waals surface area contributed by atoms with E-state index in [1.165, 1.54) is 6.26 Å². The molecule has 0 saturated carbocycles. The zero-order valence-corrected chi connectivity index (χ0v) is 15.0. The van der Waals surface area contributed by atoms with Gasteiger partial charge >= 0.3 is 0 Å². The van der Waals surface area contributed by atoms with Crippen molar-refractivity contribution in [2.24, 2.45) is 0 Å². The van der Waals surface area contributed by atoms with E-state index in [0.717, 1.165) is 0 Å². The van der Waals surface area contributed by atoms with E-state index in [0.29, 0.717) is 27.0 Å². The average molecular weight is 389 g/mol. The third-order valence-corrected chi connectivity index (χ3v) is 4.28. The van der Waals surface area contributed by atoms with E-state index in [9.17, 15) is 9.59 Å². The van der Waals surface area contributed by atoms with Crippen molar-refractivity contribution in [3.05, 3.63) is 82.2 Å². The highest BCUT2D eigenvalue weighted by atomic mass is 35.5. The predicted molar refractivity (Wildman–Crippen MR) is 102 cm³/mol. The summed E-state index contributed by atoms with van der Waals surface area (Å²) in [6.45, 7) is 0. The highest BCUT2D eigenvalue weighted by molar-refractivity contribution is 6.36. The summed E-state index contributed by atoms with van der Waals surface area (Å²) in [5.41, 5.74) is 1.75. The first kappa shape index (κ1) is 18.0. The highest BCUT2D eigenvalue weighted by Crippen LogP contribution is 2.25. The number of furan rings is 1. The molecule has 0 unspecified atom stereocenters. The molecule has 7 heteroatoms. The molecule has 26 heavy (non-hydrogen) atoms. The molecule has 0 fully saturated rings. The smallest absolute Gasteiger partial charge is 0.291 e. The van der Waals surface area contributed by atoms with E-state index in [-0.39, 0.29) is 24.0 Å². The van der Waals surface area contributed by atoms with Crippen LogP contribution < -0.4 is 10.6 Å². The number of rotatable bonds is 5. The van der Waals surface area contributed by atoms with Gasteiger partial charge in [-0.2, -0.15) is 0 Å². The average Bonchev–Trinajstić information content (AvgIpc) is 3.15. The minimum absolute atomic E-state index is 0.0650. The number of benzene rings is 2. The second kappa shape index (κ2) is 8.08. The number of amides is 2. The van der Waals surface area contributed by atoms with Crippen LogP contribution in [-0.4, -0.2) is 11.8 Å². The summed E-state index contributed by atoms with van der Waals surface area (Å²) in [6.07, 6.45) is 1.49. The summed E-state index contributed by atoms with van der Waals surface area (Å²) in [4.78, 5) is 24.1. The van der Waals surface area contributed by atoms with Crippen LogP contribution in [0.1, 0.15) is 16.1 Å². The maximum Gasteiger partial charge on any atom is 0.291 e. The van der Waals surface area contributed by atoms with Crippen LogP contribution in [0, 0.1) is 0 Å². The third kappa shape index (κ3) is 4.45.